The Bertz CT molecular complexity index is 1630. The summed E-state index contributed by atoms with van der Waals surface area (Å²) >= 11 is 0. The van der Waals surface area contributed by atoms with Crippen LogP contribution in [0.4, 0.5) is 27.6 Å². The number of rotatable bonds is 5. The largest absolute Gasteiger partial charge is 0.586 e. The predicted octanol–water partition coefficient (Wildman–Crippen LogP) is 5.95. The maximum Gasteiger partial charge on any atom is 0.586 e. The van der Waals surface area contributed by atoms with Crippen LogP contribution in [0.2, 0.25) is 0 Å². The number of carbonyl (C=O) groups excluding carboxylic acids is 1. The Kier molecular flexibility index (Phi) is 5.33. The van der Waals surface area contributed by atoms with Crippen molar-refractivity contribution in [3.63, 3.8) is 0 Å². The molecule has 194 valence electrons. The summed E-state index contributed by atoms with van der Waals surface area (Å²) in [5.41, 5.74) is 2.66. The lowest BCUT2D eigenvalue weighted by molar-refractivity contribution is -0.287. The number of amides is 1. The number of aromatic nitrogens is 2. The minimum absolute atomic E-state index is 0.0428. The van der Waals surface area contributed by atoms with Crippen molar-refractivity contribution in [3.05, 3.63) is 82.7 Å². The summed E-state index contributed by atoms with van der Waals surface area (Å²) in [4.78, 5) is 16.5. The van der Waals surface area contributed by atoms with Crippen molar-refractivity contribution in [1.82, 2.24) is 14.9 Å². The molecule has 3 aromatic carbocycles. The molecule has 1 amide bonds. The van der Waals surface area contributed by atoms with Gasteiger partial charge >= 0.3 is 12.5 Å². The van der Waals surface area contributed by atoms with Gasteiger partial charge in [0.2, 0.25) is 5.82 Å². The summed E-state index contributed by atoms with van der Waals surface area (Å²) < 4.78 is 78.6. The number of nitrogens with zero attached hydrogens (tertiary/aromatic N) is 4. The van der Waals surface area contributed by atoms with Crippen LogP contribution in [0, 0.1) is 0 Å². The number of azo groups is 1. The third kappa shape index (κ3) is 4.29. The van der Waals surface area contributed by atoms with Crippen molar-refractivity contribution < 1.29 is 36.2 Å². The van der Waals surface area contributed by atoms with Gasteiger partial charge in [0.15, 0.2) is 11.5 Å². The first-order valence-corrected chi connectivity index (χ1v) is 11.3. The molecule has 13 heteroatoms. The third-order valence-corrected chi connectivity index (χ3v) is 6.12. The second-order valence-corrected chi connectivity index (χ2v) is 8.68. The van der Waals surface area contributed by atoms with E-state index in [9.17, 15) is 26.7 Å². The minimum Gasteiger partial charge on any atom is -0.395 e. The van der Waals surface area contributed by atoms with Crippen LogP contribution in [0.5, 0.6) is 11.5 Å². The summed E-state index contributed by atoms with van der Waals surface area (Å²) in [6.45, 7) is 0.181. The molecular weight excluding hydrogens is 513 g/mol. The SMILES string of the molecule is O=C(NCc1ccc2c(c1)CN=N2)c1ccc2c(c1)nc(C(F)(F)F)n2Cc1cccc2c1OC(F)(F)O2. The number of nitrogens with one attached hydrogen (secondary N) is 1. The van der Waals surface area contributed by atoms with Crippen molar-refractivity contribution in [3.8, 4) is 11.5 Å². The summed E-state index contributed by atoms with van der Waals surface area (Å²) in [5, 5.41) is 10.7. The molecule has 0 saturated heterocycles. The predicted molar refractivity (Wildman–Crippen MR) is 122 cm³/mol. The standard InChI is InChI=1S/C25H16F5N5O3/c26-24(27,28)23-33-18-9-14(22(36)31-10-13-4-6-17-16(8-13)11-32-34-17)5-7-19(18)35(23)12-15-2-1-3-20-21(15)38-25(29,30)37-20/h1-9H,10-12H2,(H,31,36). The summed E-state index contributed by atoms with van der Waals surface area (Å²) in [6, 6.07) is 13.4. The van der Waals surface area contributed by atoms with Gasteiger partial charge in [0.05, 0.1) is 29.8 Å². The lowest BCUT2D eigenvalue weighted by Crippen LogP contribution is -2.26. The van der Waals surface area contributed by atoms with Crippen molar-refractivity contribution in [2.45, 2.75) is 32.1 Å². The molecule has 0 unspecified atom stereocenters. The highest BCUT2D eigenvalue weighted by atomic mass is 19.4. The quantitative estimate of drug-likeness (QED) is 0.324. The van der Waals surface area contributed by atoms with E-state index in [1.54, 1.807) is 12.1 Å². The van der Waals surface area contributed by atoms with Crippen LogP contribution in [-0.2, 0) is 25.8 Å². The van der Waals surface area contributed by atoms with E-state index < -0.39 is 30.7 Å². The highest BCUT2D eigenvalue weighted by Crippen LogP contribution is 2.44. The number of hydrogen-bond acceptors (Lipinski definition) is 6. The van der Waals surface area contributed by atoms with E-state index in [0.29, 0.717) is 6.54 Å². The Morgan fingerprint density at radius 2 is 1.92 bits per heavy atom. The zero-order valence-corrected chi connectivity index (χ0v) is 19.2. The molecule has 2 aliphatic rings. The van der Waals surface area contributed by atoms with E-state index in [1.165, 1.54) is 36.4 Å². The number of alkyl halides is 5. The molecule has 0 radical (unpaired) electrons. The highest BCUT2D eigenvalue weighted by molar-refractivity contribution is 5.97. The van der Waals surface area contributed by atoms with Gasteiger partial charge in [-0.05, 0) is 42.0 Å². The lowest BCUT2D eigenvalue weighted by Gasteiger charge is -2.13. The first-order valence-electron chi connectivity index (χ1n) is 11.3. The molecule has 0 saturated carbocycles. The lowest BCUT2D eigenvalue weighted by atomic mass is 10.1. The van der Waals surface area contributed by atoms with Gasteiger partial charge in [0.1, 0.15) is 0 Å². The Morgan fingerprint density at radius 1 is 1.08 bits per heavy atom. The van der Waals surface area contributed by atoms with Crippen molar-refractivity contribution in [2.75, 3.05) is 0 Å². The Hall–Kier alpha value is -4.55. The van der Waals surface area contributed by atoms with Gasteiger partial charge in [-0.25, -0.2) is 4.98 Å². The van der Waals surface area contributed by atoms with Crippen LogP contribution in [0.1, 0.15) is 32.9 Å². The topological polar surface area (TPSA) is 90.1 Å². The van der Waals surface area contributed by atoms with Crippen molar-refractivity contribution in [2.24, 2.45) is 10.2 Å². The second kappa shape index (κ2) is 8.50. The molecule has 6 rings (SSSR count). The molecule has 2 aliphatic heterocycles. The number of hydrogen-bond donors (Lipinski definition) is 1. The van der Waals surface area contributed by atoms with Gasteiger partial charge in [-0.2, -0.15) is 23.4 Å². The van der Waals surface area contributed by atoms with Crippen LogP contribution in [0.15, 0.2) is 64.8 Å². The normalized spacial score (nSPS) is 15.2. The molecule has 38 heavy (non-hydrogen) atoms. The third-order valence-electron chi connectivity index (χ3n) is 6.12. The number of carbonyl (C=O) groups is 1. The maximum atomic E-state index is 13.9. The fourth-order valence-corrected chi connectivity index (χ4v) is 4.41. The zero-order valence-electron chi connectivity index (χ0n) is 19.2. The number of imidazole rings is 1. The molecule has 0 bridgehead atoms. The zero-order chi connectivity index (χ0) is 26.7. The molecule has 0 fully saturated rings. The average Bonchev–Trinajstić information content (AvgIpc) is 3.56. The number of benzene rings is 3. The van der Waals surface area contributed by atoms with Crippen LogP contribution in [0.25, 0.3) is 11.0 Å². The first kappa shape index (κ1) is 23.8. The number of para-hydroxylation sites is 1. The van der Waals surface area contributed by atoms with Gasteiger partial charge in [-0.3, -0.25) is 4.79 Å². The van der Waals surface area contributed by atoms with Crippen LogP contribution in [0.3, 0.4) is 0 Å². The van der Waals surface area contributed by atoms with E-state index in [4.69, 9.17) is 0 Å². The summed E-state index contributed by atoms with van der Waals surface area (Å²) in [5.74, 6) is -2.38. The highest BCUT2D eigenvalue weighted by Gasteiger charge is 2.45. The van der Waals surface area contributed by atoms with Crippen molar-refractivity contribution in [1.29, 1.82) is 0 Å². The van der Waals surface area contributed by atoms with Crippen LogP contribution < -0.4 is 14.8 Å². The molecule has 1 aromatic heterocycles. The van der Waals surface area contributed by atoms with Gasteiger partial charge in [-0.1, -0.05) is 18.2 Å². The van der Waals surface area contributed by atoms with E-state index in [0.717, 1.165) is 21.4 Å². The Balaban J connectivity index is 1.28. The van der Waals surface area contributed by atoms with Gasteiger partial charge < -0.3 is 19.4 Å². The van der Waals surface area contributed by atoms with E-state index in [2.05, 4.69) is 30.0 Å². The monoisotopic (exact) mass is 529 g/mol. The van der Waals surface area contributed by atoms with E-state index >= 15 is 0 Å². The van der Waals surface area contributed by atoms with Crippen molar-refractivity contribution >= 4 is 22.6 Å². The Labute approximate surface area is 210 Å². The average molecular weight is 529 g/mol. The molecular formula is C25H16F5N5O3. The van der Waals surface area contributed by atoms with Crippen LogP contribution in [-0.4, -0.2) is 21.8 Å². The Morgan fingerprint density at radius 3 is 2.74 bits per heavy atom. The fraction of sp³-hybridized carbons (Fsp3) is 0.200. The molecule has 0 spiro atoms. The number of fused-ring (bicyclic) bond motifs is 3. The molecule has 0 atom stereocenters. The molecule has 4 aromatic rings. The van der Waals surface area contributed by atoms with Gasteiger partial charge in [0, 0.05) is 23.2 Å². The molecule has 0 aliphatic carbocycles. The fourth-order valence-electron chi connectivity index (χ4n) is 4.41. The molecule has 8 nitrogen and oxygen atoms in total. The summed E-state index contributed by atoms with van der Waals surface area (Å²) in [6.07, 6.45) is -8.78. The smallest absolute Gasteiger partial charge is 0.395 e. The second-order valence-electron chi connectivity index (χ2n) is 8.68. The number of ether oxygens (including phenoxy) is 2. The maximum absolute atomic E-state index is 13.9. The molecule has 1 N–H and O–H groups in total. The van der Waals surface area contributed by atoms with Crippen LogP contribution >= 0.6 is 0 Å². The number of halogens is 5. The van der Waals surface area contributed by atoms with E-state index in [1.807, 2.05) is 6.07 Å². The van der Waals surface area contributed by atoms with Gasteiger partial charge in [-0.15, -0.1) is 8.78 Å². The van der Waals surface area contributed by atoms with E-state index in [-0.39, 0.29) is 40.2 Å². The van der Waals surface area contributed by atoms with Gasteiger partial charge in [0.25, 0.3) is 5.91 Å². The minimum atomic E-state index is -4.85. The molecule has 3 heterocycles. The first-order chi connectivity index (χ1) is 18.1. The summed E-state index contributed by atoms with van der Waals surface area (Å²) in [7, 11) is 0.